The second-order valence-electron chi connectivity index (χ2n) is 10.2. The molecule has 4 aliphatic carbocycles. The standard InChI is InChI=1S/C22H36O2/c1-14(23)18-5-4-6-19-17-8-7-15-13-16(24)9-11-21(15,2)20(17)10-12-22(18,19)3/h15-20,24H,4-13H2,1-3H3/t15-,16+,17-,18+,19-,20-,21-,22+/m0/s1. The van der Waals surface area contributed by atoms with Gasteiger partial charge in [0.05, 0.1) is 6.10 Å². The van der Waals surface area contributed by atoms with Crippen LogP contribution in [0.1, 0.15) is 85.0 Å². The van der Waals surface area contributed by atoms with Crippen LogP contribution in [0.4, 0.5) is 0 Å². The van der Waals surface area contributed by atoms with Crippen molar-refractivity contribution in [1.82, 2.24) is 0 Å². The molecule has 24 heavy (non-hydrogen) atoms. The summed E-state index contributed by atoms with van der Waals surface area (Å²) in [5.74, 6) is 3.94. The van der Waals surface area contributed by atoms with Crippen LogP contribution in [-0.2, 0) is 4.79 Å². The van der Waals surface area contributed by atoms with Gasteiger partial charge in [0.25, 0.3) is 0 Å². The van der Waals surface area contributed by atoms with Gasteiger partial charge in [-0.1, -0.05) is 20.3 Å². The number of fused-ring (bicyclic) bond motifs is 5. The summed E-state index contributed by atoms with van der Waals surface area (Å²) in [5.41, 5.74) is 0.718. The molecule has 2 heteroatoms. The molecule has 0 aromatic carbocycles. The third kappa shape index (κ3) is 2.35. The zero-order chi connectivity index (χ0) is 17.1. The number of Topliss-reactive ketones (excluding diaryl/α,β-unsaturated/α-hetero) is 1. The Bertz CT molecular complexity index is 514. The number of rotatable bonds is 1. The molecule has 4 rings (SSSR count). The van der Waals surface area contributed by atoms with Gasteiger partial charge in [-0.2, -0.15) is 0 Å². The third-order valence-corrected chi connectivity index (χ3v) is 9.37. The van der Waals surface area contributed by atoms with Gasteiger partial charge < -0.3 is 5.11 Å². The van der Waals surface area contributed by atoms with Gasteiger partial charge in [0.1, 0.15) is 5.78 Å². The second kappa shape index (κ2) is 5.83. The van der Waals surface area contributed by atoms with Gasteiger partial charge >= 0.3 is 0 Å². The predicted octanol–water partition coefficient (Wildman–Crippen LogP) is 4.99. The topological polar surface area (TPSA) is 37.3 Å². The maximum atomic E-state index is 12.3. The van der Waals surface area contributed by atoms with Crippen LogP contribution in [0, 0.1) is 40.4 Å². The Morgan fingerprint density at radius 3 is 2.38 bits per heavy atom. The first-order chi connectivity index (χ1) is 11.4. The van der Waals surface area contributed by atoms with E-state index >= 15 is 0 Å². The van der Waals surface area contributed by atoms with Gasteiger partial charge in [-0.05, 0) is 99.2 Å². The summed E-state index contributed by atoms with van der Waals surface area (Å²) in [6, 6.07) is 0. The Labute approximate surface area is 147 Å². The van der Waals surface area contributed by atoms with E-state index in [1.807, 2.05) is 6.92 Å². The molecule has 0 amide bonds. The fourth-order valence-corrected chi connectivity index (χ4v) is 8.10. The van der Waals surface area contributed by atoms with Crippen LogP contribution in [0.15, 0.2) is 0 Å². The third-order valence-electron chi connectivity index (χ3n) is 9.37. The van der Waals surface area contributed by atoms with Crippen LogP contribution < -0.4 is 0 Å². The number of hydrogen-bond acceptors (Lipinski definition) is 2. The number of carbonyl (C=O) groups excluding carboxylic acids is 1. The van der Waals surface area contributed by atoms with Crippen molar-refractivity contribution in [2.24, 2.45) is 40.4 Å². The van der Waals surface area contributed by atoms with Crippen LogP contribution in [-0.4, -0.2) is 17.0 Å². The van der Waals surface area contributed by atoms with Crippen LogP contribution in [0.25, 0.3) is 0 Å². The van der Waals surface area contributed by atoms with Gasteiger partial charge in [0, 0.05) is 5.92 Å². The Hall–Kier alpha value is -0.370. The van der Waals surface area contributed by atoms with E-state index in [9.17, 15) is 9.90 Å². The highest BCUT2D eigenvalue weighted by Crippen LogP contribution is 2.66. The lowest BCUT2D eigenvalue weighted by Gasteiger charge is -2.63. The molecule has 4 saturated carbocycles. The molecule has 4 aliphatic rings. The Balaban J connectivity index is 1.63. The number of ketones is 1. The van der Waals surface area contributed by atoms with Crippen molar-refractivity contribution in [2.45, 2.75) is 91.1 Å². The number of hydrogen-bond donors (Lipinski definition) is 1. The minimum Gasteiger partial charge on any atom is -0.393 e. The molecule has 0 radical (unpaired) electrons. The molecule has 0 aromatic rings. The molecule has 0 spiro atoms. The lowest BCUT2D eigenvalue weighted by Crippen LogP contribution is -2.57. The Morgan fingerprint density at radius 2 is 1.62 bits per heavy atom. The smallest absolute Gasteiger partial charge is 0.133 e. The first-order valence-corrected chi connectivity index (χ1v) is 10.5. The number of aliphatic hydroxyl groups is 1. The van der Waals surface area contributed by atoms with Gasteiger partial charge in [0.2, 0.25) is 0 Å². The largest absolute Gasteiger partial charge is 0.393 e. The second-order valence-corrected chi connectivity index (χ2v) is 10.2. The first kappa shape index (κ1) is 17.1. The van der Waals surface area contributed by atoms with E-state index in [1.165, 1.54) is 44.9 Å². The number of aliphatic hydroxyl groups excluding tert-OH is 1. The van der Waals surface area contributed by atoms with Crippen LogP contribution in [0.2, 0.25) is 0 Å². The van der Waals surface area contributed by atoms with Crippen molar-refractivity contribution in [2.75, 3.05) is 0 Å². The molecule has 0 heterocycles. The fraction of sp³-hybridized carbons (Fsp3) is 0.955. The normalized spacial score (nSPS) is 54.3. The summed E-state index contributed by atoms with van der Waals surface area (Å²) in [7, 11) is 0. The molecule has 2 nitrogen and oxygen atoms in total. The van der Waals surface area contributed by atoms with E-state index in [-0.39, 0.29) is 11.5 Å². The zero-order valence-corrected chi connectivity index (χ0v) is 15.9. The van der Waals surface area contributed by atoms with E-state index in [2.05, 4.69) is 13.8 Å². The molecular formula is C22H36O2. The van der Waals surface area contributed by atoms with E-state index in [4.69, 9.17) is 0 Å². The minimum atomic E-state index is -0.0507. The summed E-state index contributed by atoms with van der Waals surface area (Å²) in [6.07, 6.45) is 12.2. The maximum Gasteiger partial charge on any atom is 0.133 e. The first-order valence-electron chi connectivity index (χ1n) is 10.5. The molecule has 1 N–H and O–H groups in total. The Morgan fingerprint density at radius 1 is 0.917 bits per heavy atom. The van der Waals surface area contributed by atoms with Crippen molar-refractivity contribution in [1.29, 1.82) is 0 Å². The molecule has 0 aliphatic heterocycles. The van der Waals surface area contributed by atoms with Gasteiger partial charge in [-0.3, -0.25) is 4.79 Å². The molecule has 0 aromatic heterocycles. The van der Waals surface area contributed by atoms with E-state index in [0.29, 0.717) is 17.1 Å². The summed E-state index contributed by atoms with van der Waals surface area (Å²) in [4.78, 5) is 12.3. The highest BCUT2D eigenvalue weighted by Gasteiger charge is 2.59. The lowest BCUT2D eigenvalue weighted by molar-refractivity contribution is -0.159. The highest BCUT2D eigenvalue weighted by atomic mass is 16.3. The van der Waals surface area contributed by atoms with Crippen LogP contribution in [0.3, 0.4) is 0 Å². The summed E-state index contributed by atoms with van der Waals surface area (Å²) < 4.78 is 0. The monoisotopic (exact) mass is 332 g/mol. The fourth-order valence-electron chi connectivity index (χ4n) is 8.10. The Kier molecular flexibility index (Phi) is 4.14. The predicted molar refractivity (Wildman–Crippen MR) is 96.5 cm³/mol. The quantitative estimate of drug-likeness (QED) is 0.735. The average Bonchev–Trinajstić information content (AvgIpc) is 2.54. The molecule has 0 bridgehead atoms. The molecule has 0 saturated heterocycles. The van der Waals surface area contributed by atoms with Crippen molar-refractivity contribution in [3.63, 3.8) is 0 Å². The minimum absolute atomic E-state index is 0.0507. The summed E-state index contributed by atoms with van der Waals surface area (Å²) >= 11 is 0. The zero-order valence-electron chi connectivity index (χ0n) is 15.9. The van der Waals surface area contributed by atoms with E-state index < -0.39 is 0 Å². The van der Waals surface area contributed by atoms with Gasteiger partial charge in [-0.15, -0.1) is 0 Å². The van der Waals surface area contributed by atoms with Crippen LogP contribution >= 0.6 is 0 Å². The molecule has 136 valence electrons. The van der Waals surface area contributed by atoms with Gasteiger partial charge in [-0.25, -0.2) is 0 Å². The number of carbonyl (C=O) groups is 1. The average molecular weight is 333 g/mol. The van der Waals surface area contributed by atoms with E-state index in [0.717, 1.165) is 42.9 Å². The van der Waals surface area contributed by atoms with Crippen molar-refractivity contribution in [3.05, 3.63) is 0 Å². The van der Waals surface area contributed by atoms with E-state index in [1.54, 1.807) is 0 Å². The molecule has 0 unspecified atom stereocenters. The molecule has 8 atom stereocenters. The van der Waals surface area contributed by atoms with Crippen molar-refractivity contribution in [3.8, 4) is 0 Å². The van der Waals surface area contributed by atoms with Gasteiger partial charge in [0.15, 0.2) is 0 Å². The molecular weight excluding hydrogens is 296 g/mol. The molecule has 4 fully saturated rings. The summed E-state index contributed by atoms with van der Waals surface area (Å²) in [6.45, 7) is 6.84. The SMILES string of the molecule is CC(=O)[C@H]1CCC[C@H]2[C@@H]3CC[C@H]4C[C@H](O)CC[C@]4(C)[C@H]3CC[C@]12C. The summed E-state index contributed by atoms with van der Waals surface area (Å²) in [5, 5.41) is 10.1. The maximum absolute atomic E-state index is 12.3. The van der Waals surface area contributed by atoms with Crippen molar-refractivity contribution >= 4 is 5.78 Å². The van der Waals surface area contributed by atoms with Crippen molar-refractivity contribution < 1.29 is 9.90 Å². The van der Waals surface area contributed by atoms with Crippen LogP contribution in [0.5, 0.6) is 0 Å². The highest BCUT2D eigenvalue weighted by molar-refractivity contribution is 5.79. The lowest BCUT2D eigenvalue weighted by atomic mass is 9.41.